The van der Waals surface area contributed by atoms with Gasteiger partial charge in [0.2, 0.25) is 11.0 Å². The topological polar surface area (TPSA) is 67.4 Å². The predicted molar refractivity (Wildman–Crippen MR) is 102 cm³/mol. The first-order valence-corrected chi connectivity index (χ1v) is 9.93. The molecule has 8 heteroatoms. The summed E-state index contributed by atoms with van der Waals surface area (Å²) in [4.78, 5) is 14.3. The molecule has 1 N–H and O–H groups in total. The Kier molecular flexibility index (Phi) is 5.93. The van der Waals surface area contributed by atoms with E-state index in [1.807, 2.05) is 17.9 Å². The minimum absolute atomic E-state index is 0.132. The summed E-state index contributed by atoms with van der Waals surface area (Å²) < 4.78 is 6.09. The highest BCUT2D eigenvalue weighted by Crippen LogP contribution is 2.31. The maximum atomic E-state index is 12.5. The van der Waals surface area contributed by atoms with Gasteiger partial charge in [0.1, 0.15) is 0 Å². The van der Waals surface area contributed by atoms with Gasteiger partial charge in [-0.1, -0.05) is 29.2 Å². The number of hydrogen-bond acceptors (Lipinski definition) is 7. The first kappa shape index (κ1) is 18.2. The average Bonchev–Trinajstić information content (AvgIpc) is 3.05. The number of amides is 1. The van der Waals surface area contributed by atoms with E-state index < -0.39 is 0 Å². The quantitative estimate of drug-likeness (QED) is 0.806. The van der Waals surface area contributed by atoms with Crippen molar-refractivity contribution in [2.75, 3.05) is 31.6 Å². The first-order chi connectivity index (χ1) is 12.0. The van der Waals surface area contributed by atoms with E-state index in [9.17, 15) is 4.79 Å². The van der Waals surface area contributed by atoms with Crippen LogP contribution in [0.4, 0.5) is 10.8 Å². The molecule has 1 unspecified atom stereocenters. The van der Waals surface area contributed by atoms with Gasteiger partial charge in [-0.3, -0.25) is 4.79 Å². The molecular formula is C17H22N4O2S2. The Morgan fingerprint density at radius 3 is 2.76 bits per heavy atom. The molecule has 1 aromatic carbocycles. The lowest BCUT2D eigenvalue weighted by atomic mass is 10.1. The number of aromatic nitrogens is 2. The third-order valence-electron chi connectivity index (χ3n) is 4.11. The van der Waals surface area contributed by atoms with Crippen LogP contribution in [-0.2, 0) is 9.53 Å². The van der Waals surface area contributed by atoms with Gasteiger partial charge in [0, 0.05) is 18.8 Å². The van der Waals surface area contributed by atoms with Gasteiger partial charge in [-0.15, -0.1) is 10.2 Å². The van der Waals surface area contributed by atoms with E-state index >= 15 is 0 Å². The fourth-order valence-corrected chi connectivity index (χ4v) is 4.49. The van der Waals surface area contributed by atoms with Gasteiger partial charge in [-0.2, -0.15) is 0 Å². The van der Waals surface area contributed by atoms with Gasteiger partial charge in [0.25, 0.3) is 0 Å². The number of nitrogens with one attached hydrogen (secondary N) is 1. The minimum atomic E-state index is -0.180. The summed E-state index contributed by atoms with van der Waals surface area (Å²) >= 11 is 2.92. The zero-order valence-corrected chi connectivity index (χ0v) is 16.2. The van der Waals surface area contributed by atoms with E-state index in [0.29, 0.717) is 26.3 Å². The number of rotatable bonds is 5. The standard InChI is InChI=1S/C17H22N4O2S2/c1-11-4-5-14(10-12(11)2)18-16-19-20-17(25-16)24-13(3)15(22)21-6-8-23-9-7-21/h4-5,10,13H,6-9H2,1-3H3,(H,18,19). The van der Waals surface area contributed by atoms with E-state index in [2.05, 4.69) is 41.5 Å². The molecule has 3 rings (SSSR count). The number of anilines is 2. The van der Waals surface area contributed by atoms with Gasteiger partial charge < -0.3 is 15.0 Å². The monoisotopic (exact) mass is 378 g/mol. The Bertz CT molecular complexity index is 744. The van der Waals surface area contributed by atoms with Crippen LogP contribution in [0.2, 0.25) is 0 Å². The number of ether oxygens (including phenoxy) is 1. The number of carbonyl (C=O) groups is 1. The number of thioether (sulfide) groups is 1. The highest BCUT2D eigenvalue weighted by molar-refractivity contribution is 8.02. The molecule has 2 heterocycles. The number of aryl methyl sites for hydroxylation is 2. The Hall–Kier alpha value is -1.64. The van der Waals surface area contributed by atoms with Crippen molar-refractivity contribution in [3.05, 3.63) is 29.3 Å². The van der Waals surface area contributed by atoms with Crippen LogP contribution in [0, 0.1) is 13.8 Å². The Balaban J connectivity index is 1.59. The zero-order valence-electron chi connectivity index (χ0n) is 14.6. The second-order valence-electron chi connectivity index (χ2n) is 5.99. The molecule has 1 amide bonds. The van der Waals surface area contributed by atoms with Crippen molar-refractivity contribution < 1.29 is 9.53 Å². The normalized spacial score (nSPS) is 15.9. The summed E-state index contributed by atoms with van der Waals surface area (Å²) in [6.07, 6.45) is 0. The molecule has 0 aliphatic carbocycles. The number of nitrogens with zero attached hydrogens (tertiary/aromatic N) is 3. The number of morpholine rings is 1. The molecule has 25 heavy (non-hydrogen) atoms. The van der Waals surface area contributed by atoms with Crippen LogP contribution in [0.1, 0.15) is 18.1 Å². The fraction of sp³-hybridized carbons (Fsp3) is 0.471. The van der Waals surface area contributed by atoms with E-state index in [-0.39, 0.29) is 11.2 Å². The molecule has 0 saturated carbocycles. The molecule has 1 aliphatic heterocycles. The largest absolute Gasteiger partial charge is 0.378 e. The van der Waals surface area contributed by atoms with Gasteiger partial charge in [-0.05, 0) is 44.0 Å². The van der Waals surface area contributed by atoms with Crippen LogP contribution in [0.3, 0.4) is 0 Å². The third-order valence-corrected chi connectivity index (χ3v) is 6.12. The van der Waals surface area contributed by atoms with Crippen LogP contribution < -0.4 is 5.32 Å². The van der Waals surface area contributed by atoms with Crippen molar-refractivity contribution in [3.8, 4) is 0 Å². The number of hydrogen-bond donors (Lipinski definition) is 1. The molecule has 1 aliphatic rings. The van der Waals surface area contributed by atoms with E-state index in [0.717, 1.165) is 15.2 Å². The highest BCUT2D eigenvalue weighted by atomic mass is 32.2. The van der Waals surface area contributed by atoms with Gasteiger partial charge in [0.15, 0.2) is 4.34 Å². The van der Waals surface area contributed by atoms with Gasteiger partial charge >= 0.3 is 0 Å². The Labute approximate surface area is 156 Å². The lowest BCUT2D eigenvalue weighted by Crippen LogP contribution is -2.44. The molecule has 2 aromatic rings. The molecule has 1 aromatic heterocycles. The predicted octanol–water partition coefficient (Wildman–Crippen LogP) is 3.24. The zero-order chi connectivity index (χ0) is 17.8. The summed E-state index contributed by atoms with van der Waals surface area (Å²) in [5.41, 5.74) is 3.48. The lowest BCUT2D eigenvalue weighted by molar-refractivity contribution is -0.134. The van der Waals surface area contributed by atoms with Crippen molar-refractivity contribution in [3.63, 3.8) is 0 Å². The molecule has 1 saturated heterocycles. The molecule has 0 spiro atoms. The second-order valence-corrected chi connectivity index (χ2v) is 8.56. The van der Waals surface area contributed by atoms with Crippen LogP contribution in [0.15, 0.2) is 22.5 Å². The third kappa shape index (κ3) is 4.71. The van der Waals surface area contributed by atoms with Crippen LogP contribution >= 0.6 is 23.1 Å². The molecule has 1 fully saturated rings. The summed E-state index contributed by atoms with van der Waals surface area (Å²) in [5.74, 6) is 0.132. The van der Waals surface area contributed by atoms with Gasteiger partial charge in [0.05, 0.1) is 18.5 Å². The molecule has 134 valence electrons. The SMILES string of the molecule is Cc1ccc(Nc2nnc(SC(C)C(=O)N3CCOCC3)s2)cc1C. The highest BCUT2D eigenvalue weighted by Gasteiger charge is 2.24. The van der Waals surface area contributed by atoms with Crippen LogP contribution in [0.25, 0.3) is 0 Å². The summed E-state index contributed by atoms with van der Waals surface area (Å²) in [5, 5.41) is 12.2. The Morgan fingerprint density at radius 1 is 1.28 bits per heavy atom. The van der Waals surface area contributed by atoms with Crippen molar-refractivity contribution >= 4 is 39.8 Å². The maximum absolute atomic E-state index is 12.5. The first-order valence-electron chi connectivity index (χ1n) is 8.24. The van der Waals surface area contributed by atoms with Crippen molar-refractivity contribution in [1.29, 1.82) is 0 Å². The smallest absolute Gasteiger partial charge is 0.236 e. The van der Waals surface area contributed by atoms with Crippen molar-refractivity contribution in [2.24, 2.45) is 0 Å². The maximum Gasteiger partial charge on any atom is 0.236 e. The summed E-state index contributed by atoms with van der Waals surface area (Å²) in [7, 11) is 0. The number of benzene rings is 1. The van der Waals surface area contributed by atoms with Crippen molar-refractivity contribution in [2.45, 2.75) is 30.4 Å². The minimum Gasteiger partial charge on any atom is -0.378 e. The second kappa shape index (κ2) is 8.16. The molecular weight excluding hydrogens is 356 g/mol. The summed E-state index contributed by atoms with van der Waals surface area (Å²) in [6, 6.07) is 6.20. The van der Waals surface area contributed by atoms with E-state index in [4.69, 9.17) is 4.74 Å². The van der Waals surface area contributed by atoms with Crippen LogP contribution in [-0.4, -0.2) is 52.6 Å². The lowest BCUT2D eigenvalue weighted by Gasteiger charge is -2.28. The molecule has 6 nitrogen and oxygen atoms in total. The molecule has 0 radical (unpaired) electrons. The van der Waals surface area contributed by atoms with Crippen LogP contribution in [0.5, 0.6) is 0 Å². The van der Waals surface area contributed by atoms with E-state index in [1.54, 1.807) is 0 Å². The molecule has 1 atom stereocenters. The van der Waals surface area contributed by atoms with Gasteiger partial charge in [-0.25, -0.2) is 0 Å². The Morgan fingerprint density at radius 2 is 2.04 bits per heavy atom. The van der Waals surface area contributed by atoms with E-state index in [1.165, 1.54) is 34.2 Å². The molecule has 0 bridgehead atoms. The van der Waals surface area contributed by atoms with Crippen molar-refractivity contribution in [1.82, 2.24) is 15.1 Å². The summed E-state index contributed by atoms with van der Waals surface area (Å²) in [6.45, 7) is 8.66. The number of carbonyl (C=O) groups excluding carboxylic acids is 1. The fourth-order valence-electron chi connectivity index (χ4n) is 2.49. The average molecular weight is 379 g/mol.